The molecule has 0 atom stereocenters. The minimum absolute atomic E-state index is 0.0238. The summed E-state index contributed by atoms with van der Waals surface area (Å²) in [4.78, 5) is 22.7. The Labute approximate surface area is 173 Å². The van der Waals surface area contributed by atoms with Crippen LogP contribution in [-0.2, 0) is 6.73 Å². The van der Waals surface area contributed by atoms with Crippen molar-refractivity contribution >= 4 is 17.3 Å². The summed E-state index contributed by atoms with van der Waals surface area (Å²) >= 11 is 0. The van der Waals surface area contributed by atoms with Crippen molar-refractivity contribution in [2.75, 3.05) is 11.9 Å². The number of aromatic nitrogens is 2. The lowest BCUT2D eigenvalue weighted by Gasteiger charge is -2.09. The highest BCUT2D eigenvalue weighted by molar-refractivity contribution is 6.03. The first-order valence-corrected chi connectivity index (χ1v) is 8.74. The molecule has 0 aliphatic carbocycles. The number of anilines is 1. The van der Waals surface area contributed by atoms with Gasteiger partial charge >= 0.3 is 0 Å². The Hall–Kier alpha value is -4.09. The molecule has 162 valence electrons. The molecule has 3 rings (SSSR count). The van der Waals surface area contributed by atoms with E-state index in [2.05, 4.69) is 10.4 Å². The summed E-state index contributed by atoms with van der Waals surface area (Å²) in [7, 11) is 0. The van der Waals surface area contributed by atoms with Gasteiger partial charge in [0.15, 0.2) is 12.4 Å². The third kappa shape index (κ3) is 6.19. The lowest BCUT2D eigenvalue weighted by molar-refractivity contribution is -0.384. The van der Waals surface area contributed by atoms with Crippen LogP contribution in [0.1, 0.15) is 10.5 Å². The molecule has 1 amide bonds. The number of hydrogen-bond donors (Lipinski definition) is 1. The second kappa shape index (κ2) is 9.61. The van der Waals surface area contributed by atoms with Gasteiger partial charge in [0, 0.05) is 18.3 Å². The van der Waals surface area contributed by atoms with Crippen LogP contribution in [0.25, 0.3) is 0 Å². The van der Waals surface area contributed by atoms with Crippen LogP contribution in [0.2, 0.25) is 0 Å². The van der Waals surface area contributed by atoms with Gasteiger partial charge in [0.25, 0.3) is 18.0 Å². The van der Waals surface area contributed by atoms with Gasteiger partial charge in [-0.05, 0) is 30.3 Å². The molecular weight excluding hydrogens is 421 g/mol. The van der Waals surface area contributed by atoms with Crippen LogP contribution in [0.5, 0.6) is 11.5 Å². The van der Waals surface area contributed by atoms with Crippen molar-refractivity contribution in [1.29, 1.82) is 0 Å². The molecule has 0 saturated heterocycles. The predicted molar refractivity (Wildman–Crippen MR) is 102 cm³/mol. The first-order valence-electron chi connectivity index (χ1n) is 8.74. The smallest absolute Gasteiger partial charge is 0.276 e. The largest absolute Gasteiger partial charge is 0.487 e. The number of alkyl halides is 2. The highest BCUT2D eigenvalue weighted by Crippen LogP contribution is 2.26. The molecule has 0 radical (unpaired) electrons. The number of ether oxygens (including phenoxy) is 2. The number of nitrogens with one attached hydrogen (secondary N) is 1. The van der Waals surface area contributed by atoms with E-state index in [0.717, 1.165) is 12.1 Å². The summed E-state index contributed by atoms with van der Waals surface area (Å²) in [6.07, 6.45) is -1.30. The molecule has 9 nitrogen and oxygen atoms in total. The van der Waals surface area contributed by atoms with E-state index in [0.29, 0.717) is 5.75 Å². The van der Waals surface area contributed by atoms with Crippen molar-refractivity contribution < 1.29 is 32.4 Å². The number of nitrogens with zero attached hydrogens (tertiary/aromatic N) is 3. The van der Waals surface area contributed by atoms with E-state index in [1.807, 2.05) is 0 Å². The lowest BCUT2D eigenvalue weighted by atomic mass is 10.2. The van der Waals surface area contributed by atoms with Gasteiger partial charge in [-0.2, -0.15) is 5.10 Å². The quantitative estimate of drug-likeness (QED) is 0.403. The van der Waals surface area contributed by atoms with Gasteiger partial charge in [-0.3, -0.25) is 14.9 Å². The molecule has 12 heteroatoms. The highest BCUT2D eigenvalue weighted by atomic mass is 19.3. The molecule has 1 aromatic heterocycles. The summed E-state index contributed by atoms with van der Waals surface area (Å²) in [6.45, 7) is -1.01. The fraction of sp³-hybridized carbons (Fsp3) is 0.158. The van der Waals surface area contributed by atoms with Gasteiger partial charge in [-0.1, -0.05) is 0 Å². The normalized spacial score (nSPS) is 10.7. The van der Waals surface area contributed by atoms with Crippen LogP contribution in [0, 0.1) is 15.9 Å². The molecule has 0 fully saturated rings. The number of non-ortho nitro benzene ring substituents is 1. The number of nitro benzene ring substituents is 1. The molecule has 1 heterocycles. The molecule has 0 spiro atoms. The van der Waals surface area contributed by atoms with Crippen LogP contribution in [0.3, 0.4) is 0 Å². The molecular formula is C19H15F3N4O5. The molecule has 0 aliphatic heterocycles. The van der Waals surface area contributed by atoms with Crippen LogP contribution in [-0.4, -0.2) is 33.6 Å². The second-order valence-electron chi connectivity index (χ2n) is 6.10. The van der Waals surface area contributed by atoms with E-state index in [1.165, 1.54) is 47.3 Å². The Morgan fingerprint density at radius 3 is 2.55 bits per heavy atom. The average Bonchev–Trinajstić information content (AvgIpc) is 3.21. The third-order valence-electron chi connectivity index (χ3n) is 3.79. The van der Waals surface area contributed by atoms with Gasteiger partial charge in [-0.15, -0.1) is 0 Å². The van der Waals surface area contributed by atoms with E-state index < -0.39 is 35.4 Å². The summed E-state index contributed by atoms with van der Waals surface area (Å²) in [6, 6.07) is 9.92. The number of rotatable bonds is 9. The van der Waals surface area contributed by atoms with Crippen molar-refractivity contribution in [2.45, 2.75) is 13.2 Å². The third-order valence-corrected chi connectivity index (χ3v) is 3.79. The Morgan fingerprint density at radius 2 is 1.87 bits per heavy atom. The number of hydrogen-bond acceptors (Lipinski definition) is 6. The predicted octanol–water partition coefficient (Wildman–Crippen LogP) is 3.86. The average molecular weight is 436 g/mol. The Morgan fingerprint density at radius 1 is 1.13 bits per heavy atom. The van der Waals surface area contributed by atoms with Gasteiger partial charge in [0.05, 0.1) is 16.7 Å². The maximum atomic E-state index is 12.9. The maximum Gasteiger partial charge on any atom is 0.276 e. The molecule has 1 N–H and O–H groups in total. The van der Waals surface area contributed by atoms with Crippen LogP contribution >= 0.6 is 0 Å². The zero-order chi connectivity index (χ0) is 22.4. The van der Waals surface area contributed by atoms with Crippen molar-refractivity contribution in [1.82, 2.24) is 9.78 Å². The molecule has 2 aromatic carbocycles. The molecule has 0 bridgehead atoms. The topological polar surface area (TPSA) is 109 Å². The zero-order valence-corrected chi connectivity index (χ0v) is 15.7. The van der Waals surface area contributed by atoms with Crippen LogP contribution < -0.4 is 14.8 Å². The van der Waals surface area contributed by atoms with E-state index >= 15 is 0 Å². The second-order valence-corrected chi connectivity index (χ2v) is 6.10. The van der Waals surface area contributed by atoms with Gasteiger partial charge in [0.2, 0.25) is 0 Å². The minimum atomic E-state index is -2.77. The number of amides is 1. The Balaban J connectivity index is 1.66. The number of nitro groups is 1. The van der Waals surface area contributed by atoms with Gasteiger partial charge in [-0.25, -0.2) is 17.9 Å². The van der Waals surface area contributed by atoms with E-state index in [-0.39, 0.29) is 23.9 Å². The summed E-state index contributed by atoms with van der Waals surface area (Å²) in [5.74, 6) is -0.894. The zero-order valence-electron chi connectivity index (χ0n) is 15.7. The van der Waals surface area contributed by atoms with Gasteiger partial charge < -0.3 is 14.8 Å². The number of benzene rings is 2. The fourth-order valence-corrected chi connectivity index (χ4v) is 2.42. The maximum absolute atomic E-state index is 12.9. The van der Waals surface area contributed by atoms with E-state index in [9.17, 15) is 28.1 Å². The van der Waals surface area contributed by atoms with Crippen molar-refractivity contribution in [3.05, 3.63) is 76.4 Å². The number of carbonyl (C=O) groups excluding carboxylic acids is 1. The van der Waals surface area contributed by atoms with Crippen molar-refractivity contribution in [3.63, 3.8) is 0 Å². The van der Waals surface area contributed by atoms with Crippen LogP contribution in [0.4, 0.5) is 24.5 Å². The fourth-order valence-electron chi connectivity index (χ4n) is 2.42. The summed E-state index contributed by atoms with van der Waals surface area (Å²) in [5, 5.41) is 17.5. The Kier molecular flexibility index (Phi) is 6.70. The van der Waals surface area contributed by atoms with Crippen molar-refractivity contribution in [3.8, 4) is 11.5 Å². The van der Waals surface area contributed by atoms with E-state index in [4.69, 9.17) is 9.47 Å². The molecule has 0 unspecified atom stereocenters. The van der Waals surface area contributed by atoms with Gasteiger partial charge in [0.1, 0.15) is 23.9 Å². The SMILES string of the molecule is O=C(Nc1cc(OCC(F)F)cc([N+](=O)[O-])c1)c1ccn(COc2ccc(F)cc2)n1. The summed E-state index contributed by atoms with van der Waals surface area (Å²) < 4.78 is 49.1. The monoisotopic (exact) mass is 436 g/mol. The first kappa shape index (κ1) is 21.6. The lowest BCUT2D eigenvalue weighted by Crippen LogP contribution is -2.15. The van der Waals surface area contributed by atoms with E-state index in [1.54, 1.807) is 0 Å². The minimum Gasteiger partial charge on any atom is -0.487 e. The Bertz CT molecular complexity index is 1070. The standard InChI is InChI=1S/C19H15F3N4O5/c20-12-1-3-15(4-2-12)31-11-25-6-5-17(24-25)19(27)23-13-7-14(26(28)29)9-16(8-13)30-10-18(21)22/h1-9,18H,10-11H2,(H,23,27). The molecule has 0 saturated carbocycles. The van der Waals surface area contributed by atoms with Crippen molar-refractivity contribution in [2.24, 2.45) is 0 Å². The summed E-state index contributed by atoms with van der Waals surface area (Å²) in [5.41, 5.74) is -0.495. The van der Waals surface area contributed by atoms with Crippen LogP contribution in [0.15, 0.2) is 54.7 Å². The number of halogens is 3. The first-order chi connectivity index (χ1) is 14.8. The molecule has 0 aliphatic rings. The molecule has 3 aromatic rings. The number of carbonyl (C=O) groups is 1. The highest BCUT2D eigenvalue weighted by Gasteiger charge is 2.16. The molecule has 31 heavy (non-hydrogen) atoms.